The Kier molecular flexibility index (Phi) is 10.6. The highest BCUT2D eigenvalue weighted by Crippen LogP contribution is 2.04. The third-order valence-electron chi connectivity index (χ3n) is 2.59. The molecule has 7 heteroatoms. The fourth-order valence-electron chi connectivity index (χ4n) is 1.57. The van der Waals surface area contributed by atoms with Gasteiger partial charge in [-0.25, -0.2) is 13.1 Å². The zero-order valence-electron chi connectivity index (χ0n) is 12.1. The molecule has 0 fully saturated rings. The van der Waals surface area contributed by atoms with Crippen LogP contribution in [-0.4, -0.2) is 40.3 Å². The van der Waals surface area contributed by atoms with Gasteiger partial charge in [0.15, 0.2) is 5.96 Å². The van der Waals surface area contributed by atoms with Crippen molar-refractivity contribution in [2.24, 2.45) is 10.7 Å². The van der Waals surface area contributed by atoms with E-state index in [9.17, 15) is 8.42 Å². The molecule has 0 spiro atoms. The zero-order chi connectivity index (χ0) is 14.6. The molecule has 0 saturated carbocycles. The Hall–Kier alpha value is -0.820. The summed E-state index contributed by atoms with van der Waals surface area (Å²) in [5.74, 6) is 0.379. The lowest BCUT2D eigenvalue weighted by Crippen LogP contribution is -2.38. The van der Waals surface area contributed by atoms with Crippen molar-refractivity contribution in [3.8, 4) is 0 Å². The van der Waals surface area contributed by atoms with E-state index in [4.69, 9.17) is 5.73 Å². The second-order valence-electron chi connectivity index (χ2n) is 4.63. The fraction of sp³-hybridized carbons (Fsp3) is 0.917. The predicted molar refractivity (Wildman–Crippen MR) is 80.7 cm³/mol. The smallest absolute Gasteiger partial charge is 0.208 e. The van der Waals surface area contributed by atoms with Crippen LogP contribution in [0.2, 0.25) is 0 Å². The van der Waals surface area contributed by atoms with Gasteiger partial charge in [0.2, 0.25) is 10.0 Å². The van der Waals surface area contributed by atoms with E-state index >= 15 is 0 Å². The zero-order valence-corrected chi connectivity index (χ0v) is 12.9. The van der Waals surface area contributed by atoms with Crippen molar-refractivity contribution in [3.63, 3.8) is 0 Å². The number of aliphatic imine (C=N–C) groups is 1. The monoisotopic (exact) mass is 292 g/mol. The molecule has 0 atom stereocenters. The van der Waals surface area contributed by atoms with Crippen LogP contribution >= 0.6 is 0 Å². The van der Waals surface area contributed by atoms with Gasteiger partial charge in [-0.1, -0.05) is 39.0 Å². The third kappa shape index (κ3) is 15.1. The number of unbranched alkanes of at least 4 members (excludes halogenated alkanes) is 5. The van der Waals surface area contributed by atoms with Crippen molar-refractivity contribution in [1.29, 1.82) is 0 Å². The minimum Gasteiger partial charge on any atom is -0.370 e. The highest BCUT2D eigenvalue weighted by Gasteiger charge is 1.98. The normalized spacial score (nSPS) is 12.6. The number of nitrogens with zero attached hydrogens (tertiary/aromatic N) is 1. The quantitative estimate of drug-likeness (QED) is 0.298. The molecule has 0 rings (SSSR count). The summed E-state index contributed by atoms with van der Waals surface area (Å²) in [4.78, 5) is 4.18. The number of rotatable bonds is 11. The van der Waals surface area contributed by atoms with Gasteiger partial charge in [-0.2, -0.15) is 0 Å². The maximum atomic E-state index is 10.8. The topological polar surface area (TPSA) is 96.6 Å². The van der Waals surface area contributed by atoms with Crippen LogP contribution < -0.4 is 15.8 Å². The first-order valence-electron chi connectivity index (χ1n) is 6.94. The molecular formula is C12H28N4O2S. The largest absolute Gasteiger partial charge is 0.370 e. The summed E-state index contributed by atoms with van der Waals surface area (Å²) < 4.78 is 24.0. The number of sulfonamides is 1. The van der Waals surface area contributed by atoms with Gasteiger partial charge in [0.25, 0.3) is 0 Å². The van der Waals surface area contributed by atoms with Gasteiger partial charge in [0.1, 0.15) is 0 Å². The summed E-state index contributed by atoms with van der Waals surface area (Å²) in [6.07, 6.45) is 8.49. The SMILES string of the molecule is CCCCCCCCN=C(N)NCCNS(C)(=O)=O. The molecule has 114 valence electrons. The van der Waals surface area contributed by atoms with Crippen LogP contribution in [0.5, 0.6) is 0 Å². The second-order valence-corrected chi connectivity index (χ2v) is 6.46. The van der Waals surface area contributed by atoms with Gasteiger partial charge < -0.3 is 11.1 Å². The predicted octanol–water partition coefficient (Wildman–Crippen LogP) is 0.800. The number of hydrogen-bond donors (Lipinski definition) is 3. The van der Waals surface area contributed by atoms with Crippen LogP contribution in [0.4, 0.5) is 0 Å². The molecule has 0 bridgehead atoms. The van der Waals surface area contributed by atoms with Crippen LogP contribution in [0.1, 0.15) is 45.4 Å². The Bertz CT molecular complexity index is 342. The summed E-state index contributed by atoms with van der Waals surface area (Å²) in [5.41, 5.74) is 5.65. The maximum absolute atomic E-state index is 10.8. The standard InChI is InChI=1S/C12H28N4O2S/c1-3-4-5-6-7-8-9-14-12(13)15-10-11-16-19(2,17)18/h16H,3-11H2,1-2H3,(H3,13,14,15). The van der Waals surface area contributed by atoms with Crippen LogP contribution in [0.15, 0.2) is 4.99 Å². The van der Waals surface area contributed by atoms with Crippen molar-refractivity contribution >= 4 is 16.0 Å². The summed E-state index contributed by atoms with van der Waals surface area (Å²) in [6, 6.07) is 0. The molecular weight excluding hydrogens is 264 g/mol. The van der Waals surface area contributed by atoms with Gasteiger partial charge in [0, 0.05) is 19.6 Å². The lowest BCUT2D eigenvalue weighted by atomic mass is 10.1. The van der Waals surface area contributed by atoms with Crippen LogP contribution in [0.25, 0.3) is 0 Å². The van der Waals surface area contributed by atoms with E-state index in [1.807, 2.05) is 0 Å². The van der Waals surface area contributed by atoms with Crippen molar-refractivity contribution in [3.05, 3.63) is 0 Å². The molecule has 0 saturated heterocycles. The first-order chi connectivity index (χ1) is 8.95. The molecule has 0 amide bonds. The Labute approximate surface area is 117 Å². The third-order valence-corrected chi connectivity index (χ3v) is 3.32. The Morgan fingerprint density at radius 1 is 1.11 bits per heavy atom. The highest BCUT2D eigenvalue weighted by atomic mass is 32.2. The average molecular weight is 292 g/mol. The number of nitrogens with one attached hydrogen (secondary N) is 2. The Balaban J connectivity index is 3.45. The molecule has 0 heterocycles. The van der Waals surface area contributed by atoms with Crippen molar-refractivity contribution < 1.29 is 8.42 Å². The molecule has 0 aromatic rings. The van der Waals surface area contributed by atoms with Crippen molar-refractivity contribution in [2.75, 3.05) is 25.9 Å². The molecule has 0 aliphatic carbocycles. The fourth-order valence-corrected chi connectivity index (χ4v) is 2.05. The number of hydrogen-bond acceptors (Lipinski definition) is 3. The summed E-state index contributed by atoms with van der Waals surface area (Å²) in [5, 5.41) is 2.87. The maximum Gasteiger partial charge on any atom is 0.208 e. The van der Waals surface area contributed by atoms with Gasteiger partial charge >= 0.3 is 0 Å². The molecule has 0 unspecified atom stereocenters. The van der Waals surface area contributed by atoms with E-state index in [-0.39, 0.29) is 0 Å². The molecule has 4 N–H and O–H groups in total. The van der Waals surface area contributed by atoms with Crippen LogP contribution in [-0.2, 0) is 10.0 Å². The van der Waals surface area contributed by atoms with Gasteiger partial charge in [0.05, 0.1) is 6.26 Å². The first kappa shape index (κ1) is 18.2. The highest BCUT2D eigenvalue weighted by molar-refractivity contribution is 7.88. The second kappa shape index (κ2) is 11.0. The minimum absolute atomic E-state index is 0.312. The molecule has 0 aromatic heterocycles. The lowest BCUT2D eigenvalue weighted by molar-refractivity contribution is 0.587. The van der Waals surface area contributed by atoms with Crippen molar-refractivity contribution in [2.45, 2.75) is 45.4 Å². The first-order valence-corrected chi connectivity index (χ1v) is 8.83. The van der Waals surface area contributed by atoms with Crippen LogP contribution in [0, 0.1) is 0 Å². The van der Waals surface area contributed by atoms with Gasteiger partial charge in [-0.15, -0.1) is 0 Å². The minimum atomic E-state index is -3.12. The Morgan fingerprint density at radius 2 is 1.74 bits per heavy atom. The van der Waals surface area contributed by atoms with E-state index in [0.29, 0.717) is 19.0 Å². The molecule has 0 aliphatic heterocycles. The van der Waals surface area contributed by atoms with E-state index in [2.05, 4.69) is 22.0 Å². The van der Waals surface area contributed by atoms with Crippen molar-refractivity contribution in [1.82, 2.24) is 10.0 Å². The van der Waals surface area contributed by atoms with E-state index < -0.39 is 10.0 Å². The number of guanidine groups is 1. The van der Waals surface area contributed by atoms with E-state index in [1.54, 1.807) is 0 Å². The Morgan fingerprint density at radius 3 is 2.37 bits per heavy atom. The number of nitrogens with two attached hydrogens (primary N) is 1. The van der Waals surface area contributed by atoms with Gasteiger partial charge in [-0.3, -0.25) is 4.99 Å². The average Bonchev–Trinajstić information content (AvgIpc) is 2.32. The van der Waals surface area contributed by atoms with E-state index in [1.165, 1.54) is 32.1 Å². The molecule has 0 aromatic carbocycles. The van der Waals surface area contributed by atoms with Crippen LogP contribution in [0.3, 0.4) is 0 Å². The summed E-state index contributed by atoms with van der Waals surface area (Å²) in [6.45, 7) is 3.69. The molecule has 0 aliphatic rings. The summed E-state index contributed by atoms with van der Waals surface area (Å²) in [7, 11) is -3.12. The van der Waals surface area contributed by atoms with E-state index in [0.717, 1.165) is 19.2 Å². The summed E-state index contributed by atoms with van der Waals surface area (Å²) >= 11 is 0. The van der Waals surface area contributed by atoms with Gasteiger partial charge in [-0.05, 0) is 6.42 Å². The molecule has 0 radical (unpaired) electrons. The molecule has 6 nitrogen and oxygen atoms in total. The lowest BCUT2D eigenvalue weighted by Gasteiger charge is -2.06. The molecule has 19 heavy (non-hydrogen) atoms.